The van der Waals surface area contributed by atoms with Gasteiger partial charge in [0.15, 0.2) is 0 Å². The van der Waals surface area contributed by atoms with Gasteiger partial charge in [-0.2, -0.15) is 0 Å². The van der Waals surface area contributed by atoms with Crippen molar-refractivity contribution in [1.82, 2.24) is 0 Å². The number of nitrogens with zero attached hydrogens (tertiary/aromatic N) is 2. The first-order valence-corrected chi connectivity index (χ1v) is 14.0. The largest absolute Gasteiger partial charge is 0.372 e. The van der Waals surface area contributed by atoms with Crippen molar-refractivity contribution in [3.8, 4) is 0 Å². The van der Waals surface area contributed by atoms with E-state index in [9.17, 15) is 0 Å². The normalized spacial score (nSPS) is 11.2. The average Bonchev–Trinajstić information content (AvgIpc) is 2.86. The van der Waals surface area contributed by atoms with Crippen LogP contribution in [0.2, 0.25) is 0 Å². The molecule has 0 fully saturated rings. The molecule has 2 rings (SSSR count). The summed E-state index contributed by atoms with van der Waals surface area (Å²) in [6.07, 6.45) is 9.58. The molecule has 2 aromatic rings. The van der Waals surface area contributed by atoms with Gasteiger partial charge in [-0.25, -0.2) is 0 Å². The molecule has 0 N–H and O–H groups in total. The Kier molecular flexibility index (Phi) is 13.8. The zero-order valence-corrected chi connectivity index (χ0v) is 22.7. The van der Waals surface area contributed by atoms with Crippen LogP contribution in [0.1, 0.15) is 103 Å². The number of rotatable bonds is 18. The van der Waals surface area contributed by atoms with Crippen LogP contribution < -0.4 is 9.80 Å². The van der Waals surface area contributed by atoms with Crippen LogP contribution in [-0.4, -0.2) is 32.8 Å². The zero-order valence-electron chi connectivity index (χ0n) is 22.7. The van der Waals surface area contributed by atoms with Crippen molar-refractivity contribution in [3.05, 3.63) is 59.7 Å². The van der Waals surface area contributed by atoms with Gasteiger partial charge in [-0.3, -0.25) is 0 Å². The highest BCUT2D eigenvalue weighted by Gasteiger charge is 2.16. The first-order valence-electron chi connectivity index (χ1n) is 14.0. The third-order valence-electron chi connectivity index (χ3n) is 6.38. The fourth-order valence-electron chi connectivity index (χ4n) is 4.65. The lowest BCUT2D eigenvalue weighted by molar-refractivity contribution is 0.0769. The maximum atomic E-state index is 6.52. The molecule has 0 radical (unpaired) electrons. The summed E-state index contributed by atoms with van der Waals surface area (Å²) in [6, 6.07) is 18.2. The van der Waals surface area contributed by atoms with Gasteiger partial charge < -0.3 is 14.5 Å². The predicted molar refractivity (Wildman–Crippen MR) is 150 cm³/mol. The van der Waals surface area contributed by atoms with Gasteiger partial charge >= 0.3 is 0 Å². The molecule has 0 unspecified atom stereocenters. The summed E-state index contributed by atoms with van der Waals surface area (Å²) in [5, 5.41) is 0. The highest BCUT2D eigenvalue weighted by atomic mass is 16.5. The molecule has 3 heteroatoms. The molecule has 0 saturated heterocycles. The smallest absolute Gasteiger partial charge is 0.108 e. The predicted octanol–water partition coefficient (Wildman–Crippen LogP) is 8.63. The van der Waals surface area contributed by atoms with Gasteiger partial charge in [-0.15, -0.1) is 0 Å². The number of unbranched alkanes of at least 4 members (excludes halogenated alkanes) is 3. The van der Waals surface area contributed by atoms with E-state index in [1.165, 1.54) is 67.4 Å². The van der Waals surface area contributed by atoms with Crippen LogP contribution in [0.4, 0.5) is 11.4 Å². The van der Waals surface area contributed by atoms with Crippen LogP contribution in [0.5, 0.6) is 0 Å². The van der Waals surface area contributed by atoms with Gasteiger partial charge in [0.25, 0.3) is 0 Å². The molecular formula is C31H50N2O. The van der Waals surface area contributed by atoms with E-state index in [4.69, 9.17) is 4.74 Å². The first-order chi connectivity index (χ1) is 16.7. The molecule has 0 atom stereocenters. The van der Waals surface area contributed by atoms with Crippen LogP contribution in [0.15, 0.2) is 48.5 Å². The van der Waals surface area contributed by atoms with Crippen LogP contribution in [0, 0.1) is 0 Å². The minimum Gasteiger partial charge on any atom is -0.372 e. The fraction of sp³-hybridized carbons (Fsp3) is 0.613. The highest BCUT2D eigenvalue weighted by Crippen LogP contribution is 2.30. The lowest BCUT2D eigenvalue weighted by Crippen LogP contribution is -2.25. The van der Waals surface area contributed by atoms with Crippen LogP contribution in [0.3, 0.4) is 0 Å². The van der Waals surface area contributed by atoms with E-state index < -0.39 is 0 Å². The minimum atomic E-state index is -0.0127. The van der Waals surface area contributed by atoms with Crippen LogP contribution in [0.25, 0.3) is 0 Å². The van der Waals surface area contributed by atoms with Crippen molar-refractivity contribution in [1.29, 1.82) is 0 Å². The van der Waals surface area contributed by atoms with E-state index >= 15 is 0 Å². The maximum absolute atomic E-state index is 6.52. The quantitative estimate of drug-likeness (QED) is 0.204. The molecule has 190 valence electrons. The van der Waals surface area contributed by atoms with E-state index in [-0.39, 0.29) is 6.10 Å². The van der Waals surface area contributed by atoms with Crippen LogP contribution >= 0.6 is 0 Å². The van der Waals surface area contributed by atoms with Crippen molar-refractivity contribution in [2.45, 2.75) is 92.1 Å². The average molecular weight is 467 g/mol. The topological polar surface area (TPSA) is 15.7 Å². The summed E-state index contributed by atoms with van der Waals surface area (Å²) in [6.45, 7) is 16.5. The number of benzene rings is 2. The second-order valence-electron chi connectivity index (χ2n) is 9.47. The lowest BCUT2D eigenvalue weighted by atomic mass is 10.00. The van der Waals surface area contributed by atoms with Gasteiger partial charge in [0.2, 0.25) is 0 Å². The number of ether oxygens (including phenoxy) is 1. The molecule has 0 amide bonds. The molecule has 0 spiro atoms. The summed E-state index contributed by atoms with van der Waals surface area (Å²) in [7, 11) is 0. The molecule has 0 aliphatic heterocycles. The Hall–Kier alpha value is -2.00. The molecule has 0 aliphatic carbocycles. The van der Waals surface area contributed by atoms with Gasteiger partial charge in [0, 0.05) is 44.2 Å². The summed E-state index contributed by atoms with van der Waals surface area (Å²) < 4.78 is 6.52. The standard InChI is InChI=1S/C31H50N2O/c1-6-11-12-13-26-34-31(27-14-18-29(19-15-27)32(22-7-2)23-8-3)28-16-20-30(21-17-28)33(24-9-4)25-10-5/h14-21,31H,6-13,22-26H2,1-5H3. The summed E-state index contributed by atoms with van der Waals surface area (Å²) in [5.41, 5.74) is 5.14. The van der Waals surface area contributed by atoms with Crippen molar-refractivity contribution in [2.24, 2.45) is 0 Å². The first kappa shape index (κ1) is 28.2. The van der Waals surface area contributed by atoms with Crippen LogP contribution in [-0.2, 0) is 4.74 Å². The third kappa shape index (κ3) is 8.98. The second-order valence-corrected chi connectivity index (χ2v) is 9.47. The van der Waals surface area contributed by atoms with Gasteiger partial charge in [0.05, 0.1) is 0 Å². The zero-order chi connectivity index (χ0) is 24.6. The van der Waals surface area contributed by atoms with Gasteiger partial charge in [0.1, 0.15) is 6.10 Å². The number of hydrogen-bond acceptors (Lipinski definition) is 3. The minimum absolute atomic E-state index is 0.0127. The summed E-state index contributed by atoms with van der Waals surface area (Å²) >= 11 is 0. The number of hydrogen-bond donors (Lipinski definition) is 0. The Morgan fingerprint density at radius 2 is 0.941 bits per heavy atom. The molecule has 0 heterocycles. The third-order valence-corrected chi connectivity index (χ3v) is 6.38. The molecule has 3 nitrogen and oxygen atoms in total. The SMILES string of the molecule is CCCCCCOC(c1ccc(N(CCC)CCC)cc1)c1ccc(N(CCC)CCC)cc1. The maximum Gasteiger partial charge on any atom is 0.108 e. The molecule has 0 aromatic heterocycles. The van der Waals surface area contributed by atoms with E-state index in [1.807, 2.05) is 0 Å². The van der Waals surface area contributed by atoms with E-state index in [0.29, 0.717) is 0 Å². The lowest BCUT2D eigenvalue weighted by Gasteiger charge is -2.26. The van der Waals surface area contributed by atoms with Gasteiger partial charge in [-0.1, -0.05) is 78.1 Å². The Balaban J connectivity index is 2.23. The fourth-order valence-corrected chi connectivity index (χ4v) is 4.65. The van der Waals surface area contributed by atoms with E-state index in [2.05, 4.69) is 92.9 Å². The van der Waals surface area contributed by atoms with Crippen molar-refractivity contribution >= 4 is 11.4 Å². The van der Waals surface area contributed by atoms with E-state index in [0.717, 1.165) is 39.2 Å². The second kappa shape index (κ2) is 16.6. The molecule has 0 saturated carbocycles. The van der Waals surface area contributed by atoms with Crippen molar-refractivity contribution < 1.29 is 4.74 Å². The number of anilines is 2. The molecule has 2 aromatic carbocycles. The Labute approximate surface area is 210 Å². The Bertz CT molecular complexity index is 685. The molecule has 0 bridgehead atoms. The monoisotopic (exact) mass is 466 g/mol. The summed E-state index contributed by atoms with van der Waals surface area (Å²) in [4.78, 5) is 4.99. The van der Waals surface area contributed by atoms with E-state index in [1.54, 1.807) is 0 Å². The molecular weight excluding hydrogens is 416 g/mol. The van der Waals surface area contributed by atoms with Gasteiger partial charge in [-0.05, 0) is 67.5 Å². The molecule has 0 aliphatic rings. The highest BCUT2D eigenvalue weighted by molar-refractivity contribution is 5.51. The summed E-state index contributed by atoms with van der Waals surface area (Å²) in [5.74, 6) is 0. The molecule has 34 heavy (non-hydrogen) atoms. The van der Waals surface area contributed by atoms with Crippen molar-refractivity contribution in [3.63, 3.8) is 0 Å². The Morgan fingerprint density at radius 1 is 0.529 bits per heavy atom. The Morgan fingerprint density at radius 3 is 1.29 bits per heavy atom. The van der Waals surface area contributed by atoms with Crippen molar-refractivity contribution in [2.75, 3.05) is 42.6 Å².